The molecular weight excluding hydrogens is 238 g/mol. The number of hydrogen-bond acceptors (Lipinski definition) is 3. The fourth-order valence-corrected chi connectivity index (χ4v) is 2.58. The van der Waals surface area contributed by atoms with E-state index in [9.17, 15) is 4.79 Å². The quantitative estimate of drug-likeness (QED) is 0.832. The molecule has 2 rings (SSSR count). The molecule has 0 spiro atoms. The summed E-state index contributed by atoms with van der Waals surface area (Å²) in [4.78, 5) is 12.2. The Hall–Kier alpha value is -1.35. The minimum absolute atomic E-state index is 0.142. The molecule has 1 fully saturated rings. The summed E-state index contributed by atoms with van der Waals surface area (Å²) in [5, 5.41) is 3.27. The predicted octanol–water partition coefficient (Wildman–Crippen LogP) is 2.78. The zero-order valence-corrected chi connectivity index (χ0v) is 12.2. The lowest BCUT2D eigenvalue weighted by Crippen LogP contribution is -2.40. The summed E-state index contributed by atoms with van der Waals surface area (Å²) in [6.07, 6.45) is 0.980. The largest absolute Gasteiger partial charge is 0.459 e. The summed E-state index contributed by atoms with van der Waals surface area (Å²) < 4.78 is 5.50. The molecule has 19 heavy (non-hydrogen) atoms. The van der Waals surface area contributed by atoms with Gasteiger partial charge in [0.05, 0.1) is 0 Å². The number of aryl methyl sites for hydroxylation is 1. The number of nitrogens with one attached hydrogen (secondary N) is 1. The van der Waals surface area contributed by atoms with E-state index in [-0.39, 0.29) is 17.9 Å². The van der Waals surface area contributed by atoms with Crippen molar-refractivity contribution >= 4 is 5.97 Å². The molecule has 0 amide bonds. The van der Waals surface area contributed by atoms with Gasteiger partial charge in [-0.25, -0.2) is 0 Å². The van der Waals surface area contributed by atoms with Gasteiger partial charge in [-0.05, 0) is 46.2 Å². The number of rotatable bonds is 2. The highest BCUT2D eigenvalue weighted by molar-refractivity contribution is 5.78. The molecule has 3 nitrogen and oxygen atoms in total. The van der Waals surface area contributed by atoms with Crippen LogP contribution in [0.25, 0.3) is 0 Å². The van der Waals surface area contributed by atoms with Crippen molar-refractivity contribution in [3.63, 3.8) is 0 Å². The highest BCUT2D eigenvalue weighted by Gasteiger charge is 2.36. The Morgan fingerprint density at radius 3 is 2.74 bits per heavy atom. The van der Waals surface area contributed by atoms with Gasteiger partial charge in [-0.2, -0.15) is 0 Å². The number of carbonyl (C=O) groups is 1. The van der Waals surface area contributed by atoms with Crippen LogP contribution in [0.5, 0.6) is 0 Å². The molecule has 1 aromatic carbocycles. The lowest BCUT2D eigenvalue weighted by atomic mass is 9.91. The van der Waals surface area contributed by atoms with Crippen molar-refractivity contribution in [1.29, 1.82) is 0 Å². The highest BCUT2D eigenvalue weighted by Crippen LogP contribution is 2.29. The minimum atomic E-state index is -0.432. The third-order valence-corrected chi connectivity index (χ3v) is 3.35. The Labute approximate surface area is 115 Å². The average molecular weight is 261 g/mol. The molecule has 0 aromatic heterocycles. The second-order valence-corrected chi connectivity index (χ2v) is 6.27. The topological polar surface area (TPSA) is 38.3 Å². The third kappa shape index (κ3) is 3.57. The van der Waals surface area contributed by atoms with E-state index in [1.807, 2.05) is 20.8 Å². The average Bonchev–Trinajstić information content (AvgIpc) is 2.75. The third-order valence-electron chi connectivity index (χ3n) is 3.35. The van der Waals surface area contributed by atoms with Crippen molar-refractivity contribution in [2.75, 3.05) is 6.54 Å². The molecule has 3 heteroatoms. The Morgan fingerprint density at radius 1 is 1.37 bits per heavy atom. The molecule has 1 heterocycles. The van der Waals surface area contributed by atoms with Crippen LogP contribution in [0.15, 0.2) is 24.3 Å². The number of esters is 1. The van der Waals surface area contributed by atoms with E-state index in [1.165, 1.54) is 11.1 Å². The van der Waals surface area contributed by atoms with E-state index in [1.54, 1.807) is 0 Å². The van der Waals surface area contributed by atoms with Gasteiger partial charge in [0, 0.05) is 5.92 Å². The summed E-state index contributed by atoms with van der Waals surface area (Å²) in [5.41, 5.74) is 2.02. The normalized spacial score (nSPS) is 23.4. The van der Waals surface area contributed by atoms with Crippen LogP contribution in [0.1, 0.15) is 44.2 Å². The van der Waals surface area contributed by atoms with Crippen molar-refractivity contribution in [3.8, 4) is 0 Å². The van der Waals surface area contributed by atoms with Crippen LogP contribution in [-0.4, -0.2) is 24.2 Å². The molecular formula is C16H23NO2. The van der Waals surface area contributed by atoms with Crippen molar-refractivity contribution in [2.45, 2.75) is 51.7 Å². The summed E-state index contributed by atoms with van der Waals surface area (Å²) in [6, 6.07) is 8.17. The molecule has 0 radical (unpaired) electrons. The van der Waals surface area contributed by atoms with E-state index < -0.39 is 5.60 Å². The first-order valence-corrected chi connectivity index (χ1v) is 6.89. The van der Waals surface area contributed by atoms with Gasteiger partial charge >= 0.3 is 5.97 Å². The molecule has 0 aliphatic carbocycles. The molecule has 104 valence electrons. The van der Waals surface area contributed by atoms with E-state index in [0.717, 1.165) is 13.0 Å². The number of hydrogen-bond donors (Lipinski definition) is 1. The Kier molecular flexibility index (Phi) is 3.95. The van der Waals surface area contributed by atoms with E-state index in [4.69, 9.17) is 4.74 Å². The lowest BCUT2D eigenvalue weighted by molar-refractivity contribution is -0.157. The van der Waals surface area contributed by atoms with E-state index >= 15 is 0 Å². The Balaban J connectivity index is 2.15. The predicted molar refractivity (Wildman–Crippen MR) is 76.2 cm³/mol. The van der Waals surface area contributed by atoms with Crippen LogP contribution in [-0.2, 0) is 9.53 Å². The van der Waals surface area contributed by atoms with Gasteiger partial charge in [0.25, 0.3) is 0 Å². The molecule has 1 N–H and O–H groups in total. The van der Waals surface area contributed by atoms with Crippen LogP contribution < -0.4 is 5.32 Å². The lowest BCUT2D eigenvalue weighted by Gasteiger charge is -2.25. The number of ether oxygens (including phenoxy) is 1. The second kappa shape index (κ2) is 5.33. The molecule has 1 saturated heterocycles. The summed E-state index contributed by atoms with van der Waals surface area (Å²) in [7, 11) is 0. The van der Waals surface area contributed by atoms with Crippen LogP contribution >= 0.6 is 0 Å². The smallest absolute Gasteiger partial charge is 0.324 e. The SMILES string of the molecule is Cc1cccc(C2CCNC2C(=O)OC(C)(C)C)c1. The monoisotopic (exact) mass is 261 g/mol. The van der Waals surface area contributed by atoms with Crippen molar-refractivity contribution in [2.24, 2.45) is 0 Å². The Morgan fingerprint density at radius 2 is 2.11 bits per heavy atom. The molecule has 2 unspecified atom stereocenters. The summed E-state index contributed by atoms with van der Waals surface area (Å²) in [6.45, 7) is 8.65. The maximum Gasteiger partial charge on any atom is 0.324 e. The first-order valence-electron chi connectivity index (χ1n) is 6.89. The van der Waals surface area contributed by atoms with Gasteiger partial charge in [-0.3, -0.25) is 4.79 Å². The van der Waals surface area contributed by atoms with Crippen LogP contribution in [0, 0.1) is 6.92 Å². The van der Waals surface area contributed by atoms with E-state index in [0.29, 0.717) is 0 Å². The van der Waals surface area contributed by atoms with Gasteiger partial charge in [0.1, 0.15) is 11.6 Å². The zero-order chi connectivity index (χ0) is 14.0. The number of carbonyl (C=O) groups excluding carboxylic acids is 1. The van der Waals surface area contributed by atoms with Gasteiger partial charge in [0.2, 0.25) is 0 Å². The van der Waals surface area contributed by atoms with Gasteiger partial charge < -0.3 is 10.1 Å². The fraction of sp³-hybridized carbons (Fsp3) is 0.562. The molecule has 1 aliphatic rings. The van der Waals surface area contributed by atoms with Crippen molar-refractivity contribution in [3.05, 3.63) is 35.4 Å². The van der Waals surface area contributed by atoms with Crippen LogP contribution in [0.4, 0.5) is 0 Å². The van der Waals surface area contributed by atoms with Crippen LogP contribution in [0.3, 0.4) is 0 Å². The molecule has 1 aliphatic heterocycles. The summed E-state index contributed by atoms with van der Waals surface area (Å²) in [5.74, 6) is 0.0752. The zero-order valence-electron chi connectivity index (χ0n) is 12.2. The van der Waals surface area contributed by atoms with E-state index in [2.05, 4.69) is 36.5 Å². The van der Waals surface area contributed by atoms with Gasteiger partial charge in [-0.1, -0.05) is 29.8 Å². The Bertz CT molecular complexity index is 462. The van der Waals surface area contributed by atoms with Crippen molar-refractivity contribution < 1.29 is 9.53 Å². The van der Waals surface area contributed by atoms with Crippen LogP contribution in [0.2, 0.25) is 0 Å². The highest BCUT2D eigenvalue weighted by atomic mass is 16.6. The first kappa shape index (κ1) is 14.1. The maximum atomic E-state index is 12.2. The van der Waals surface area contributed by atoms with Gasteiger partial charge in [-0.15, -0.1) is 0 Å². The molecule has 0 bridgehead atoms. The maximum absolute atomic E-state index is 12.2. The minimum Gasteiger partial charge on any atom is -0.459 e. The number of benzene rings is 1. The summed E-state index contributed by atoms with van der Waals surface area (Å²) >= 11 is 0. The second-order valence-electron chi connectivity index (χ2n) is 6.27. The molecule has 1 aromatic rings. The first-order chi connectivity index (χ1) is 8.87. The molecule has 2 atom stereocenters. The fourth-order valence-electron chi connectivity index (χ4n) is 2.58. The van der Waals surface area contributed by atoms with Crippen molar-refractivity contribution in [1.82, 2.24) is 5.32 Å². The molecule has 0 saturated carbocycles. The standard InChI is InChI=1S/C16H23NO2/c1-11-6-5-7-12(10-11)13-8-9-17-14(13)15(18)19-16(2,3)4/h5-7,10,13-14,17H,8-9H2,1-4H3. The van der Waals surface area contributed by atoms with Gasteiger partial charge in [0.15, 0.2) is 0 Å².